The van der Waals surface area contributed by atoms with Crippen LogP contribution in [-0.2, 0) is 4.79 Å². The summed E-state index contributed by atoms with van der Waals surface area (Å²) in [5.41, 5.74) is 0.420. The molecule has 0 aliphatic carbocycles. The summed E-state index contributed by atoms with van der Waals surface area (Å²) in [7, 11) is 0. The molecular formula is C12H15N3O3. The minimum Gasteiger partial charge on any atom is -0.364 e. The van der Waals surface area contributed by atoms with E-state index in [9.17, 15) is 9.59 Å². The number of piperidine rings is 1. The maximum Gasteiger partial charge on any atom is 0.276 e. The van der Waals surface area contributed by atoms with Crippen molar-refractivity contribution in [3.05, 3.63) is 18.0 Å². The Labute approximate surface area is 104 Å². The van der Waals surface area contributed by atoms with Gasteiger partial charge in [-0.2, -0.15) is 0 Å². The summed E-state index contributed by atoms with van der Waals surface area (Å²) in [6, 6.07) is 1.58. The van der Waals surface area contributed by atoms with E-state index in [1.165, 1.54) is 6.26 Å². The summed E-state index contributed by atoms with van der Waals surface area (Å²) in [5, 5.41) is 6.54. The molecule has 2 fully saturated rings. The quantitative estimate of drug-likeness (QED) is 0.782. The molecule has 6 heteroatoms. The predicted octanol–water partition coefficient (Wildman–Crippen LogP) is 0.417. The van der Waals surface area contributed by atoms with Crippen molar-refractivity contribution in [2.24, 2.45) is 5.41 Å². The molecule has 96 valence electrons. The second-order valence-corrected chi connectivity index (χ2v) is 5.13. The van der Waals surface area contributed by atoms with Gasteiger partial charge in [0.15, 0.2) is 5.69 Å². The average molecular weight is 249 g/mol. The van der Waals surface area contributed by atoms with Gasteiger partial charge in [0.05, 0.1) is 0 Å². The Morgan fingerprint density at radius 2 is 2.22 bits per heavy atom. The molecule has 1 N–H and O–H groups in total. The minimum absolute atomic E-state index is 0.0672. The van der Waals surface area contributed by atoms with Gasteiger partial charge in [0, 0.05) is 32.1 Å². The lowest BCUT2D eigenvalue weighted by Crippen LogP contribution is -2.44. The van der Waals surface area contributed by atoms with Gasteiger partial charge in [-0.15, -0.1) is 0 Å². The Morgan fingerprint density at radius 3 is 2.78 bits per heavy atom. The van der Waals surface area contributed by atoms with E-state index in [4.69, 9.17) is 0 Å². The first-order valence-electron chi connectivity index (χ1n) is 6.15. The molecule has 2 aliphatic rings. The van der Waals surface area contributed by atoms with Crippen LogP contribution >= 0.6 is 0 Å². The van der Waals surface area contributed by atoms with Gasteiger partial charge in [-0.3, -0.25) is 9.59 Å². The van der Waals surface area contributed by atoms with Crippen molar-refractivity contribution in [2.75, 3.05) is 19.6 Å². The first kappa shape index (κ1) is 11.3. The highest BCUT2D eigenvalue weighted by molar-refractivity contribution is 5.92. The van der Waals surface area contributed by atoms with Crippen molar-refractivity contribution in [1.29, 1.82) is 0 Å². The Bertz CT molecular complexity index is 461. The fraction of sp³-hybridized carbons (Fsp3) is 0.583. The highest BCUT2D eigenvalue weighted by atomic mass is 16.5. The maximum absolute atomic E-state index is 12.0. The zero-order valence-corrected chi connectivity index (χ0v) is 10.0. The molecule has 3 rings (SSSR count). The number of nitrogens with one attached hydrogen (secondary N) is 1. The Balaban J connectivity index is 1.64. The van der Waals surface area contributed by atoms with E-state index >= 15 is 0 Å². The number of nitrogens with zero attached hydrogens (tertiary/aromatic N) is 2. The number of amides is 2. The van der Waals surface area contributed by atoms with Gasteiger partial charge in [-0.1, -0.05) is 5.16 Å². The van der Waals surface area contributed by atoms with Crippen LogP contribution in [0.5, 0.6) is 0 Å². The Morgan fingerprint density at radius 1 is 1.44 bits per heavy atom. The lowest BCUT2D eigenvalue weighted by Gasteiger charge is -2.37. The molecule has 1 aromatic heterocycles. The van der Waals surface area contributed by atoms with Crippen LogP contribution in [0.25, 0.3) is 0 Å². The zero-order valence-electron chi connectivity index (χ0n) is 10.0. The highest BCUT2D eigenvalue weighted by Crippen LogP contribution is 2.37. The fourth-order valence-corrected chi connectivity index (χ4v) is 2.77. The summed E-state index contributed by atoms with van der Waals surface area (Å²) in [4.78, 5) is 25.1. The Kier molecular flexibility index (Phi) is 2.57. The van der Waals surface area contributed by atoms with Crippen molar-refractivity contribution < 1.29 is 14.1 Å². The topological polar surface area (TPSA) is 75.4 Å². The monoisotopic (exact) mass is 249 g/mol. The summed E-state index contributed by atoms with van der Waals surface area (Å²) < 4.78 is 4.68. The SMILES string of the molecule is O=C1CC2(CCN(C(=O)c3ccon3)CC2)CN1. The average Bonchev–Trinajstić information content (AvgIpc) is 3.00. The third-order valence-corrected chi connectivity index (χ3v) is 3.96. The molecule has 18 heavy (non-hydrogen) atoms. The minimum atomic E-state index is -0.0871. The van der Waals surface area contributed by atoms with E-state index in [1.54, 1.807) is 11.0 Å². The smallest absolute Gasteiger partial charge is 0.276 e. The molecule has 0 radical (unpaired) electrons. The number of hydrogen-bond donors (Lipinski definition) is 1. The van der Waals surface area contributed by atoms with Gasteiger partial charge >= 0.3 is 0 Å². The normalized spacial score (nSPS) is 22.2. The largest absolute Gasteiger partial charge is 0.364 e. The van der Waals surface area contributed by atoms with Crippen LogP contribution in [0.15, 0.2) is 16.9 Å². The summed E-state index contributed by atoms with van der Waals surface area (Å²) in [6.07, 6.45) is 3.74. The molecule has 0 saturated carbocycles. The molecule has 0 bridgehead atoms. The molecule has 2 amide bonds. The predicted molar refractivity (Wildman–Crippen MR) is 61.7 cm³/mol. The van der Waals surface area contributed by atoms with Gasteiger partial charge in [0.25, 0.3) is 5.91 Å². The van der Waals surface area contributed by atoms with E-state index in [-0.39, 0.29) is 17.2 Å². The van der Waals surface area contributed by atoms with Crippen molar-refractivity contribution >= 4 is 11.8 Å². The summed E-state index contributed by atoms with van der Waals surface area (Å²) >= 11 is 0. The number of likely N-dealkylation sites (tertiary alicyclic amines) is 1. The van der Waals surface area contributed by atoms with Crippen LogP contribution in [0.4, 0.5) is 0 Å². The standard InChI is InChI=1S/C12H15N3O3/c16-10-7-12(8-13-10)2-4-15(5-3-12)11(17)9-1-6-18-14-9/h1,6H,2-5,7-8H2,(H,13,16). The van der Waals surface area contributed by atoms with Crippen molar-refractivity contribution in [3.63, 3.8) is 0 Å². The van der Waals surface area contributed by atoms with E-state index in [0.717, 1.165) is 19.4 Å². The van der Waals surface area contributed by atoms with Gasteiger partial charge < -0.3 is 14.7 Å². The number of carbonyl (C=O) groups is 2. The highest BCUT2D eigenvalue weighted by Gasteiger charge is 2.41. The maximum atomic E-state index is 12.0. The molecule has 6 nitrogen and oxygen atoms in total. The van der Waals surface area contributed by atoms with Crippen LogP contribution < -0.4 is 5.32 Å². The third-order valence-electron chi connectivity index (χ3n) is 3.96. The van der Waals surface area contributed by atoms with Gasteiger partial charge in [-0.25, -0.2) is 0 Å². The molecule has 2 aliphatic heterocycles. The van der Waals surface area contributed by atoms with Crippen LogP contribution in [0.3, 0.4) is 0 Å². The van der Waals surface area contributed by atoms with E-state index in [0.29, 0.717) is 25.2 Å². The van der Waals surface area contributed by atoms with Gasteiger partial charge in [0.1, 0.15) is 6.26 Å². The van der Waals surface area contributed by atoms with Gasteiger partial charge in [0.2, 0.25) is 5.91 Å². The van der Waals surface area contributed by atoms with Crippen molar-refractivity contribution in [3.8, 4) is 0 Å². The first-order valence-corrected chi connectivity index (χ1v) is 6.15. The second-order valence-electron chi connectivity index (χ2n) is 5.13. The molecule has 2 saturated heterocycles. The number of rotatable bonds is 1. The van der Waals surface area contributed by atoms with Crippen LogP contribution in [0, 0.1) is 5.41 Å². The van der Waals surface area contributed by atoms with Crippen LogP contribution in [-0.4, -0.2) is 41.5 Å². The zero-order chi connectivity index (χ0) is 12.6. The van der Waals surface area contributed by atoms with E-state index in [2.05, 4.69) is 15.0 Å². The summed E-state index contributed by atoms with van der Waals surface area (Å²) in [6.45, 7) is 2.11. The molecule has 0 atom stereocenters. The Hall–Kier alpha value is -1.85. The van der Waals surface area contributed by atoms with Crippen molar-refractivity contribution in [1.82, 2.24) is 15.4 Å². The second kappa shape index (κ2) is 4.12. The van der Waals surface area contributed by atoms with Crippen LogP contribution in [0.1, 0.15) is 29.8 Å². The molecular weight excluding hydrogens is 234 g/mol. The number of aromatic nitrogens is 1. The molecule has 1 aromatic rings. The lowest BCUT2D eigenvalue weighted by molar-refractivity contribution is -0.119. The first-order chi connectivity index (χ1) is 8.69. The number of carbonyl (C=O) groups excluding carboxylic acids is 2. The molecule has 0 aromatic carbocycles. The molecule has 3 heterocycles. The van der Waals surface area contributed by atoms with Gasteiger partial charge in [-0.05, 0) is 18.3 Å². The fourth-order valence-electron chi connectivity index (χ4n) is 2.77. The summed E-state index contributed by atoms with van der Waals surface area (Å²) in [5.74, 6) is 0.0437. The third kappa shape index (κ3) is 1.87. The van der Waals surface area contributed by atoms with E-state index < -0.39 is 0 Å². The van der Waals surface area contributed by atoms with Crippen molar-refractivity contribution in [2.45, 2.75) is 19.3 Å². The van der Waals surface area contributed by atoms with Crippen LogP contribution in [0.2, 0.25) is 0 Å². The number of hydrogen-bond acceptors (Lipinski definition) is 4. The lowest BCUT2D eigenvalue weighted by atomic mass is 9.77. The molecule has 1 spiro atoms. The van der Waals surface area contributed by atoms with E-state index in [1.807, 2.05) is 0 Å². The molecule has 0 unspecified atom stereocenters.